The zero-order chi connectivity index (χ0) is 15.5. The van der Waals surface area contributed by atoms with Crippen molar-refractivity contribution >= 4 is 27.3 Å². The zero-order valence-corrected chi connectivity index (χ0v) is 12.5. The summed E-state index contributed by atoms with van der Waals surface area (Å²) in [5.74, 6) is -0.141. The fourth-order valence-electron chi connectivity index (χ4n) is 1.37. The molecular weight excluding hydrogens is 308 g/mol. The molecule has 112 valence electrons. The van der Waals surface area contributed by atoms with Gasteiger partial charge in [0.1, 0.15) is 0 Å². The van der Waals surface area contributed by atoms with Crippen LogP contribution in [0.1, 0.15) is 13.8 Å². The summed E-state index contributed by atoms with van der Waals surface area (Å²) in [5, 5.41) is 20.5. The van der Waals surface area contributed by atoms with Gasteiger partial charge < -0.3 is 5.11 Å². The van der Waals surface area contributed by atoms with Gasteiger partial charge in [-0.2, -0.15) is 0 Å². The van der Waals surface area contributed by atoms with Crippen molar-refractivity contribution in [2.75, 3.05) is 6.54 Å². The van der Waals surface area contributed by atoms with E-state index in [0.717, 1.165) is 12.1 Å². The molecule has 0 aliphatic heterocycles. The van der Waals surface area contributed by atoms with Crippen molar-refractivity contribution in [3.8, 4) is 0 Å². The third kappa shape index (κ3) is 4.14. The molecule has 1 aromatic rings. The van der Waals surface area contributed by atoms with Crippen LogP contribution in [0, 0.1) is 16.0 Å². The van der Waals surface area contributed by atoms with Crippen LogP contribution in [0.2, 0.25) is 5.02 Å². The lowest BCUT2D eigenvalue weighted by Gasteiger charge is -2.15. The summed E-state index contributed by atoms with van der Waals surface area (Å²) in [7, 11) is -4.09. The predicted molar refractivity (Wildman–Crippen MR) is 74.1 cm³/mol. The van der Waals surface area contributed by atoms with Gasteiger partial charge in [-0.15, -0.1) is 0 Å². The molecule has 9 heteroatoms. The Balaban J connectivity index is 3.07. The van der Waals surface area contributed by atoms with Gasteiger partial charge in [0, 0.05) is 17.6 Å². The molecule has 0 fully saturated rings. The largest absolute Gasteiger partial charge is 0.391 e. The number of nitro benzene ring substituents is 1. The summed E-state index contributed by atoms with van der Waals surface area (Å²) in [5.41, 5.74) is -0.607. The summed E-state index contributed by atoms with van der Waals surface area (Å²) in [6, 6.07) is 3.28. The van der Waals surface area contributed by atoms with Gasteiger partial charge in [-0.05, 0) is 18.1 Å². The van der Waals surface area contributed by atoms with E-state index >= 15 is 0 Å². The second-order valence-corrected chi connectivity index (χ2v) is 6.70. The van der Waals surface area contributed by atoms with Crippen molar-refractivity contribution in [1.29, 1.82) is 0 Å². The molecule has 1 unspecified atom stereocenters. The summed E-state index contributed by atoms with van der Waals surface area (Å²) < 4.78 is 26.2. The fraction of sp³-hybridized carbons (Fsp3) is 0.455. The topological polar surface area (TPSA) is 110 Å². The first kappa shape index (κ1) is 16.8. The van der Waals surface area contributed by atoms with Gasteiger partial charge in [0.2, 0.25) is 10.0 Å². The molecule has 0 spiro atoms. The Labute approximate surface area is 121 Å². The van der Waals surface area contributed by atoms with Crippen LogP contribution < -0.4 is 4.72 Å². The average Bonchev–Trinajstić information content (AvgIpc) is 2.35. The highest BCUT2D eigenvalue weighted by Gasteiger charge is 2.26. The maximum absolute atomic E-state index is 12.0. The number of nitrogens with zero attached hydrogens (tertiary/aromatic N) is 1. The first-order valence-corrected chi connectivity index (χ1v) is 7.63. The van der Waals surface area contributed by atoms with E-state index in [9.17, 15) is 23.6 Å². The molecule has 0 aliphatic rings. The van der Waals surface area contributed by atoms with Gasteiger partial charge in [0.25, 0.3) is 5.69 Å². The fourth-order valence-corrected chi connectivity index (χ4v) is 2.74. The van der Waals surface area contributed by atoms with Crippen LogP contribution in [0.25, 0.3) is 0 Å². The number of rotatable bonds is 6. The van der Waals surface area contributed by atoms with Crippen molar-refractivity contribution in [2.24, 2.45) is 5.92 Å². The van der Waals surface area contributed by atoms with Crippen molar-refractivity contribution in [3.05, 3.63) is 33.3 Å². The van der Waals surface area contributed by atoms with Crippen LogP contribution in [0.15, 0.2) is 23.1 Å². The number of nitro groups is 1. The molecule has 1 atom stereocenters. The summed E-state index contributed by atoms with van der Waals surface area (Å²) in [6.07, 6.45) is -0.879. The van der Waals surface area contributed by atoms with E-state index in [2.05, 4.69) is 4.72 Å². The minimum absolute atomic E-state index is 0.0675. The SMILES string of the molecule is CC(C)C(O)CNS(=O)(=O)c1ccc(Cl)cc1[N+](=O)[O-]. The molecule has 0 bridgehead atoms. The van der Waals surface area contributed by atoms with E-state index in [0.29, 0.717) is 0 Å². The van der Waals surface area contributed by atoms with Crippen molar-refractivity contribution in [1.82, 2.24) is 4.72 Å². The predicted octanol–water partition coefficient (Wildman–Crippen LogP) is 1.54. The number of sulfonamides is 1. The maximum Gasteiger partial charge on any atom is 0.290 e. The van der Waals surface area contributed by atoms with Crippen molar-refractivity contribution in [3.63, 3.8) is 0 Å². The molecule has 0 saturated heterocycles. The van der Waals surface area contributed by atoms with Gasteiger partial charge in [0.05, 0.1) is 11.0 Å². The maximum atomic E-state index is 12.0. The highest BCUT2D eigenvalue weighted by molar-refractivity contribution is 7.89. The highest BCUT2D eigenvalue weighted by Crippen LogP contribution is 2.26. The number of aliphatic hydroxyl groups is 1. The van der Waals surface area contributed by atoms with E-state index in [-0.39, 0.29) is 17.5 Å². The first-order chi connectivity index (χ1) is 9.15. The summed E-state index contributed by atoms with van der Waals surface area (Å²) >= 11 is 5.62. The lowest BCUT2D eigenvalue weighted by Crippen LogP contribution is -2.35. The van der Waals surface area contributed by atoms with E-state index in [4.69, 9.17) is 11.6 Å². The third-order valence-corrected chi connectivity index (χ3v) is 4.37. The molecule has 0 aromatic heterocycles. The molecular formula is C11H15ClN2O5S. The standard InChI is InChI=1S/C11H15ClN2O5S/c1-7(2)10(15)6-13-20(18,19)11-4-3-8(12)5-9(11)14(16)17/h3-5,7,10,13,15H,6H2,1-2H3. The number of hydrogen-bond acceptors (Lipinski definition) is 5. The molecule has 20 heavy (non-hydrogen) atoms. The molecule has 1 rings (SSSR count). The van der Waals surface area contributed by atoms with Gasteiger partial charge >= 0.3 is 0 Å². The molecule has 0 aliphatic carbocycles. The van der Waals surface area contributed by atoms with Gasteiger partial charge in [-0.25, -0.2) is 13.1 Å². The Bertz CT molecular complexity index is 603. The van der Waals surface area contributed by atoms with Crippen LogP contribution in [0.5, 0.6) is 0 Å². The summed E-state index contributed by atoms with van der Waals surface area (Å²) in [4.78, 5) is 9.57. The molecule has 0 saturated carbocycles. The van der Waals surface area contributed by atoms with E-state index in [1.165, 1.54) is 6.07 Å². The molecule has 7 nitrogen and oxygen atoms in total. The normalized spacial score (nSPS) is 13.4. The van der Waals surface area contributed by atoms with Gasteiger partial charge in [0.15, 0.2) is 4.90 Å². The first-order valence-electron chi connectivity index (χ1n) is 5.77. The minimum Gasteiger partial charge on any atom is -0.391 e. The Morgan fingerprint density at radius 1 is 1.45 bits per heavy atom. The molecule has 0 radical (unpaired) electrons. The number of halogens is 1. The molecule has 2 N–H and O–H groups in total. The number of hydrogen-bond donors (Lipinski definition) is 2. The third-order valence-electron chi connectivity index (χ3n) is 2.66. The second kappa shape index (κ2) is 6.49. The van der Waals surface area contributed by atoms with Crippen molar-refractivity contribution < 1.29 is 18.4 Å². The van der Waals surface area contributed by atoms with E-state index in [1.54, 1.807) is 13.8 Å². The molecule has 0 amide bonds. The Morgan fingerprint density at radius 3 is 2.55 bits per heavy atom. The molecule has 0 heterocycles. The molecule has 1 aromatic carbocycles. The lowest BCUT2D eigenvalue weighted by atomic mass is 10.1. The van der Waals surface area contributed by atoms with Gasteiger partial charge in [-0.1, -0.05) is 25.4 Å². The second-order valence-electron chi connectivity index (χ2n) is 4.53. The number of benzene rings is 1. The van der Waals surface area contributed by atoms with Crippen LogP contribution in [0.3, 0.4) is 0 Å². The number of nitrogens with one attached hydrogen (secondary N) is 1. The van der Waals surface area contributed by atoms with Crippen molar-refractivity contribution in [2.45, 2.75) is 24.8 Å². The highest BCUT2D eigenvalue weighted by atomic mass is 35.5. The van der Waals surface area contributed by atoms with E-state index in [1.807, 2.05) is 0 Å². The van der Waals surface area contributed by atoms with Crippen LogP contribution >= 0.6 is 11.6 Å². The quantitative estimate of drug-likeness (QED) is 0.610. The van der Waals surface area contributed by atoms with Crippen LogP contribution in [-0.4, -0.2) is 31.1 Å². The monoisotopic (exact) mass is 322 g/mol. The van der Waals surface area contributed by atoms with E-state index < -0.39 is 31.6 Å². The Kier molecular flexibility index (Phi) is 5.46. The van der Waals surface area contributed by atoms with Crippen LogP contribution in [0.4, 0.5) is 5.69 Å². The van der Waals surface area contributed by atoms with Crippen LogP contribution in [-0.2, 0) is 10.0 Å². The summed E-state index contributed by atoms with van der Waals surface area (Å²) in [6.45, 7) is 3.23. The minimum atomic E-state index is -4.09. The Hall–Kier alpha value is -1.22. The Morgan fingerprint density at radius 2 is 2.05 bits per heavy atom. The van der Waals surface area contributed by atoms with Gasteiger partial charge in [-0.3, -0.25) is 10.1 Å². The zero-order valence-electron chi connectivity index (χ0n) is 10.9. The number of aliphatic hydroxyl groups excluding tert-OH is 1. The smallest absolute Gasteiger partial charge is 0.290 e. The lowest BCUT2D eigenvalue weighted by molar-refractivity contribution is -0.387. The average molecular weight is 323 g/mol.